The highest BCUT2D eigenvalue weighted by Gasteiger charge is 2.46. The standard InChI is InChI=1S/C45H52O16/c46-22-34-38(52)40(54)42(56)44(60-34)58-32-16-24(14-30(20-32)28-10-4-8-26(12-28)18-36(48)49)6-2-1-3-7-25-15-31(29-11-5-9-27(13-29)19-37(50)51)21-33(17-25)59-45-43(57)41(55)39(53)35(23-47)61-45/h4-5,8-17,20-21,34-35,38-47,52-57H,1-3,6-7,18-19,22-23H2,(H,48,49)(H,50,51)/t34-,35+,38-,39+,40+,41-,42+,43-,44+,45-. The zero-order valence-corrected chi connectivity index (χ0v) is 33.1. The molecule has 4 aromatic carbocycles. The molecule has 328 valence electrons. The predicted octanol–water partition coefficient (Wildman–Crippen LogP) is 1.59. The Morgan fingerprint density at radius 3 is 1.25 bits per heavy atom. The third-order valence-electron chi connectivity index (χ3n) is 10.8. The zero-order chi connectivity index (χ0) is 43.8. The molecule has 16 nitrogen and oxygen atoms in total. The van der Waals surface area contributed by atoms with Crippen molar-refractivity contribution in [1.29, 1.82) is 0 Å². The van der Waals surface area contributed by atoms with Crippen molar-refractivity contribution in [3.05, 3.63) is 107 Å². The van der Waals surface area contributed by atoms with E-state index in [9.17, 15) is 60.7 Å². The average molecular weight is 849 g/mol. The Bertz CT molecular complexity index is 1960. The van der Waals surface area contributed by atoms with Crippen LogP contribution in [0.25, 0.3) is 22.3 Å². The Morgan fingerprint density at radius 2 is 0.869 bits per heavy atom. The molecule has 16 heteroatoms. The van der Waals surface area contributed by atoms with Gasteiger partial charge in [0.2, 0.25) is 12.6 Å². The number of rotatable bonds is 18. The minimum atomic E-state index is -1.63. The smallest absolute Gasteiger partial charge is 0.307 e. The van der Waals surface area contributed by atoms with Gasteiger partial charge in [-0.25, -0.2) is 0 Å². The number of carboxylic acid groups (broad SMARTS) is 2. The molecule has 0 saturated carbocycles. The molecule has 2 aliphatic heterocycles. The number of hydrogen-bond donors (Lipinski definition) is 10. The largest absolute Gasteiger partial charge is 0.481 e. The van der Waals surface area contributed by atoms with Crippen molar-refractivity contribution in [2.75, 3.05) is 13.2 Å². The van der Waals surface area contributed by atoms with Crippen LogP contribution in [-0.4, -0.2) is 138 Å². The molecule has 2 saturated heterocycles. The molecule has 0 radical (unpaired) electrons. The van der Waals surface area contributed by atoms with Gasteiger partial charge in [-0.05, 0) is 94.5 Å². The number of ether oxygens (including phenoxy) is 4. The van der Waals surface area contributed by atoms with Gasteiger partial charge in [-0.2, -0.15) is 0 Å². The van der Waals surface area contributed by atoms with Gasteiger partial charge in [-0.3, -0.25) is 9.59 Å². The molecule has 2 heterocycles. The van der Waals surface area contributed by atoms with Crippen molar-refractivity contribution in [3.8, 4) is 33.8 Å². The number of carboxylic acids is 2. The summed E-state index contributed by atoms with van der Waals surface area (Å²) in [4.78, 5) is 22.9. The van der Waals surface area contributed by atoms with Gasteiger partial charge < -0.3 is 70.0 Å². The first-order valence-electron chi connectivity index (χ1n) is 20.1. The first-order chi connectivity index (χ1) is 29.2. The van der Waals surface area contributed by atoms with Crippen molar-refractivity contribution in [3.63, 3.8) is 0 Å². The molecule has 61 heavy (non-hydrogen) atoms. The fourth-order valence-electron chi connectivity index (χ4n) is 7.58. The number of unbranched alkanes of at least 4 members (excludes halogenated alkanes) is 2. The molecule has 4 aromatic rings. The lowest BCUT2D eigenvalue weighted by atomic mass is 9.96. The molecule has 2 aliphatic rings. The van der Waals surface area contributed by atoms with Crippen LogP contribution < -0.4 is 9.47 Å². The van der Waals surface area contributed by atoms with E-state index in [-0.39, 0.29) is 24.3 Å². The van der Waals surface area contributed by atoms with Crippen LogP contribution in [0.3, 0.4) is 0 Å². The van der Waals surface area contributed by atoms with Crippen LogP contribution in [0.1, 0.15) is 41.5 Å². The molecular weight excluding hydrogens is 796 g/mol. The van der Waals surface area contributed by atoms with Gasteiger partial charge >= 0.3 is 11.9 Å². The fraction of sp³-hybridized carbons (Fsp3) is 0.422. The molecule has 10 N–H and O–H groups in total. The highest BCUT2D eigenvalue weighted by atomic mass is 16.7. The lowest BCUT2D eigenvalue weighted by Crippen LogP contribution is -2.60. The molecule has 6 rings (SSSR count). The van der Waals surface area contributed by atoms with Crippen LogP contribution in [0.15, 0.2) is 84.9 Å². The zero-order valence-electron chi connectivity index (χ0n) is 33.1. The van der Waals surface area contributed by atoms with E-state index < -0.39 is 86.6 Å². The van der Waals surface area contributed by atoms with E-state index in [1.807, 2.05) is 24.3 Å². The van der Waals surface area contributed by atoms with Gasteiger partial charge in [-0.1, -0.05) is 67.1 Å². The first kappa shape index (κ1) is 45.5. The summed E-state index contributed by atoms with van der Waals surface area (Å²) >= 11 is 0. The molecule has 0 amide bonds. The van der Waals surface area contributed by atoms with Crippen LogP contribution >= 0.6 is 0 Å². The number of carbonyl (C=O) groups is 2. The molecule has 0 unspecified atom stereocenters. The maximum atomic E-state index is 11.4. The molecular formula is C45H52O16. The van der Waals surface area contributed by atoms with Crippen molar-refractivity contribution in [2.45, 2.75) is 106 Å². The van der Waals surface area contributed by atoms with Gasteiger partial charge in [0, 0.05) is 0 Å². The minimum absolute atomic E-state index is 0.177. The first-order valence-corrected chi connectivity index (χ1v) is 20.1. The maximum Gasteiger partial charge on any atom is 0.307 e. The number of aliphatic carboxylic acids is 2. The van der Waals surface area contributed by atoms with Gasteiger partial charge in [0.25, 0.3) is 0 Å². The molecule has 10 atom stereocenters. The van der Waals surface area contributed by atoms with Crippen LogP contribution in [0.2, 0.25) is 0 Å². The number of aryl methyl sites for hydroxylation is 2. The van der Waals surface area contributed by atoms with Gasteiger partial charge in [0.05, 0.1) is 26.1 Å². The van der Waals surface area contributed by atoms with Crippen LogP contribution in [0.5, 0.6) is 11.5 Å². The number of hydrogen-bond acceptors (Lipinski definition) is 14. The highest BCUT2D eigenvalue weighted by molar-refractivity contribution is 5.74. The summed E-state index contributed by atoms with van der Waals surface area (Å²) in [6, 6.07) is 24.9. The summed E-state index contributed by atoms with van der Waals surface area (Å²) in [5.41, 5.74) is 5.69. The van der Waals surface area contributed by atoms with Crippen LogP contribution in [-0.2, 0) is 44.7 Å². The van der Waals surface area contributed by atoms with Crippen molar-refractivity contribution in [2.24, 2.45) is 0 Å². The summed E-state index contributed by atoms with van der Waals surface area (Å²) in [6.07, 6.45) is -11.8. The van der Waals surface area contributed by atoms with Gasteiger partial charge in [0.1, 0.15) is 60.3 Å². The van der Waals surface area contributed by atoms with E-state index in [0.29, 0.717) is 47.9 Å². The van der Waals surface area contributed by atoms with E-state index in [1.54, 1.807) is 60.7 Å². The van der Waals surface area contributed by atoms with Crippen molar-refractivity contribution < 1.29 is 79.6 Å². The van der Waals surface area contributed by atoms with Crippen LogP contribution in [0, 0.1) is 0 Å². The summed E-state index contributed by atoms with van der Waals surface area (Å²) in [5.74, 6) is -1.41. The van der Waals surface area contributed by atoms with E-state index in [2.05, 4.69) is 0 Å². The molecule has 0 bridgehead atoms. The Hall–Kier alpha value is -4.98. The monoisotopic (exact) mass is 848 g/mol. The Kier molecular flexibility index (Phi) is 15.5. The number of aliphatic hydroxyl groups excluding tert-OH is 8. The molecule has 2 fully saturated rings. The average Bonchev–Trinajstić information content (AvgIpc) is 3.23. The highest BCUT2D eigenvalue weighted by Crippen LogP contribution is 2.33. The molecule has 0 aromatic heterocycles. The SMILES string of the molecule is O=C(O)Cc1cccc(-c2cc(CCCCCc3cc(O[C@@H]4O[C@@H](CO)[C@H](O)[C@@H](O)[C@H]4O)cc(-c4cccc(CC(=O)O)c4)c3)cc(O[C@H]3O[C@H](CO)[C@@H](O)[C@H](O)[C@@H]3O)c2)c1. The third kappa shape index (κ3) is 11.7. The van der Waals surface area contributed by atoms with E-state index in [4.69, 9.17) is 18.9 Å². The minimum Gasteiger partial charge on any atom is -0.481 e. The van der Waals surface area contributed by atoms with Gasteiger partial charge in [-0.15, -0.1) is 0 Å². The lowest BCUT2D eigenvalue weighted by molar-refractivity contribution is -0.277. The quantitative estimate of drug-likeness (QED) is 0.0637. The fourth-order valence-corrected chi connectivity index (χ4v) is 7.58. The van der Waals surface area contributed by atoms with Crippen molar-refractivity contribution >= 4 is 11.9 Å². The number of aliphatic hydroxyl groups is 8. The summed E-state index contributed by atoms with van der Waals surface area (Å²) in [7, 11) is 0. The van der Waals surface area contributed by atoms with Crippen LogP contribution in [0.4, 0.5) is 0 Å². The summed E-state index contributed by atoms with van der Waals surface area (Å²) < 4.78 is 23.2. The molecule has 0 spiro atoms. The second-order valence-electron chi connectivity index (χ2n) is 15.5. The third-order valence-corrected chi connectivity index (χ3v) is 10.8. The van der Waals surface area contributed by atoms with E-state index >= 15 is 0 Å². The summed E-state index contributed by atoms with van der Waals surface area (Å²) in [6.45, 7) is -1.24. The number of benzene rings is 4. The Morgan fingerprint density at radius 1 is 0.475 bits per heavy atom. The predicted molar refractivity (Wildman–Crippen MR) is 216 cm³/mol. The second-order valence-corrected chi connectivity index (χ2v) is 15.5. The maximum absolute atomic E-state index is 11.4. The normalized spacial score (nSPS) is 26.4. The topological polar surface area (TPSA) is 273 Å². The Balaban J connectivity index is 1.19. The van der Waals surface area contributed by atoms with Gasteiger partial charge in [0.15, 0.2) is 0 Å². The van der Waals surface area contributed by atoms with E-state index in [1.165, 1.54) is 0 Å². The summed E-state index contributed by atoms with van der Waals surface area (Å²) in [5, 5.41) is 101. The second kappa shape index (κ2) is 20.7. The van der Waals surface area contributed by atoms with E-state index in [0.717, 1.165) is 28.7 Å². The Labute approximate surface area is 351 Å². The van der Waals surface area contributed by atoms with Crippen molar-refractivity contribution in [1.82, 2.24) is 0 Å². The molecule has 0 aliphatic carbocycles. The lowest BCUT2D eigenvalue weighted by Gasteiger charge is -2.39.